The van der Waals surface area contributed by atoms with Gasteiger partial charge in [-0.1, -0.05) is 31.5 Å². The van der Waals surface area contributed by atoms with Crippen LogP contribution in [0, 0.1) is 34.5 Å². The molecule has 0 bridgehead atoms. The average molecular weight is 349 g/mol. The molecule has 3 heteroatoms. The monoisotopic (exact) mass is 348 g/mol. The molecule has 0 aromatic rings. The lowest BCUT2D eigenvalue weighted by Crippen LogP contribution is -2.50. The predicted molar refractivity (Wildman–Crippen MR) is 96.5 cm³/mol. The number of fused-ring (bicyclic) bond motifs is 5. The molecular formula is C21H29ClO2. The molecule has 2 fully saturated rings. The second-order valence-corrected chi connectivity index (χ2v) is 9.46. The summed E-state index contributed by atoms with van der Waals surface area (Å²) < 4.78 is 5.13. The fraction of sp³-hybridized carbons (Fsp3) is 0.762. The molecule has 132 valence electrons. The second-order valence-electron chi connectivity index (χ2n) is 8.98. The van der Waals surface area contributed by atoms with Gasteiger partial charge < -0.3 is 4.74 Å². The van der Waals surface area contributed by atoms with Crippen molar-refractivity contribution in [3.8, 4) is 0 Å². The molecule has 0 aromatic heterocycles. The van der Waals surface area contributed by atoms with E-state index >= 15 is 0 Å². The molecule has 0 spiro atoms. The molecule has 0 aliphatic heterocycles. The summed E-state index contributed by atoms with van der Waals surface area (Å²) in [5.41, 5.74) is 1.90. The number of carbonyl (C=O) groups excluding carboxylic acids is 1. The van der Waals surface area contributed by atoms with Crippen molar-refractivity contribution < 1.29 is 9.53 Å². The Balaban J connectivity index is 1.67. The van der Waals surface area contributed by atoms with Crippen molar-refractivity contribution >= 4 is 17.6 Å². The van der Waals surface area contributed by atoms with Crippen LogP contribution in [0.15, 0.2) is 22.8 Å². The number of hydrogen-bond acceptors (Lipinski definition) is 2. The molecule has 2 saturated carbocycles. The van der Waals surface area contributed by atoms with E-state index in [2.05, 4.69) is 26.0 Å². The lowest BCUT2D eigenvalue weighted by atomic mass is 9.48. The number of allylic oxidation sites excluding steroid dienone is 4. The van der Waals surface area contributed by atoms with Crippen LogP contribution in [0.5, 0.6) is 0 Å². The minimum absolute atomic E-state index is 0.0177. The molecule has 0 heterocycles. The van der Waals surface area contributed by atoms with E-state index in [-0.39, 0.29) is 22.7 Å². The molecule has 0 aromatic carbocycles. The fourth-order valence-corrected chi connectivity index (χ4v) is 7.03. The van der Waals surface area contributed by atoms with Crippen molar-refractivity contribution in [2.45, 2.75) is 58.8 Å². The molecule has 4 aliphatic rings. The summed E-state index contributed by atoms with van der Waals surface area (Å²) in [6.07, 6.45) is 12.7. The molecule has 4 aliphatic carbocycles. The van der Waals surface area contributed by atoms with Crippen LogP contribution in [0.4, 0.5) is 0 Å². The molecule has 0 radical (unpaired) electrons. The Morgan fingerprint density at radius 1 is 1.21 bits per heavy atom. The van der Waals surface area contributed by atoms with Crippen molar-refractivity contribution in [1.29, 1.82) is 0 Å². The van der Waals surface area contributed by atoms with Crippen LogP contribution in [0.25, 0.3) is 0 Å². The third-order valence-corrected chi connectivity index (χ3v) is 8.50. The Kier molecular flexibility index (Phi) is 3.91. The number of hydrogen-bond donors (Lipinski definition) is 0. The van der Waals surface area contributed by atoms with Gasteiger partial charge in [-0.2, -0.15) is 0 Å². The van der Waals surface area contributed by atoms with Crippen LogP contribution in [0.3, 0.4) is 0 Å². The minimum atomic E-state index is 0.0177. The Morgan fingerprint density at radius 3 is 2.75 bits per heavy atom. The normalized spacial score (nSPS) is 47.0. The van der Waals surface area contributed by atoms with Gasteiger partial charge in [-0.05, 0) is 85.2 Å². The highest BCUT2D eigenvalue weighted by atomic mass is 35.5. The molecule has 24 heavy (non-hydrogen) atoms. The van der Waals surface area contributed by atoms with Crippen molar-refractivity contribution in [3.63, 3.8) is 0 Å². The molecule has 0 saturated heterocycles. The number of halogens is 1. The number of methoxy groups -OCH3 is 1. The Bertz CT molecular complexity index is 621. The van der Waals surface area contributed by atoms with E-state index in [1.807, 2.05) is 0 Å². The van der Waals surface area contributed by atoms with Crippen LogP contribution in [0.2, 0.25) is 0 Å². The standard InChI is InChI=1S/C21H29ClO2/c1-20-10-8-14(22)12-13(20)4-5-15-16-6-7-18(19(23)24-3)21(16,2)11-9-17(15)20/h4,12,15-18H,5-11H2,1-3H3/t15-,16-,17-,18+,20-,21-/m0/s1. The quantitative estimate of drug-likeness (QED) is 0.587. The zero-order chi connectivity index (χ0) is 17.1. The third-order valence-electron chi connectivity index (χ3n) is 8.21. The average Bonchev–Trinajstić information content (AvgIpc) is 2.92. The zero-order valence-corrected chi connectivity index (χ0v) is 15.9. The summed E-state index contributed by atoms with van der Waals surface area (Å²) >= 11 is 6.32. The number of carbonyl (C=O) groups is 1. The van der Waals surface area contributed by atoms with E-state index in [9.17, 15) is 4.79 Å². The van der Waals surface area contributed by atoms with E-state index in [1.54, 1.807) is 7.11 Å². The van der Waals surface area contributed by atoms with E-state index < -0.39 is 0 Å². The molecule has 2 nitrogen and oxygen atoms in total. The summed E-state index contributed by atoms with van der Waals surface area (Å²) in [5.74, 6) is 2.25. The molecule has 0 unspecified atom stereocenters. The maximum absolute atomic E-state index is 12.3. The highest BCUT2D eigenvalue weighted by Crippen LogP contribution is 2.66. The smallest absolute Gasteiger partial charge is 0.309 e. The predicted octanol–water partition coefficient (Wildman–Crippen LogP) is 5.47. The number of rotatable bonds is 1. The van der Waals surface area contributed by atoms with Gasteiger partial charge in [0, 0.05) is 5.03 Å². The number of ether oxygens (including phenoxy) is 1. The van der Waals surface area contributed by atoms with E-state index in [0.717, 1.165) is 36.1 Å². The van der Waals surface area contributed by atoms with Gasteiger partial charge in [0.15, 0.2) is 0 Å². The van der Waals surface area contributed by atoms with Crippen molar-refractivity contribution in [1.82, 2.24) is 0 Å². The first-order valence-electron chi connectivity index (χ1n) is 9.54. The van der Waals surface area contributed by atoms with Crippen LogP contribution >= 0.6 is 11.6 Å². The van der Waals surface area contributed by atoms with Gasteiger partial charge in [0.1, 0.15) is 0 Å². The van der Waals surface area contributed by atoms with Crippen molar-refractivity contribution in [2.75, 3.05) is 7.11 Å². The Labute approximate surface area is 150 Å². The van der Waals surface area contributed by atoms with Crippen molar-refractivity contribution in [2.24, 2.45) is 34.5 Å². The highest BCUT2D eigenvalue weighted by molar-refractivity contribution is 6.29. The first-order valence-corrected chi connectivity index (χ1v) is 9.92. The SMILES string of the molecule is COC(=O)[C@H]1CC[C@H]2[C@@H]3CC=C4C=C(Cl)CC[C@]4(C)[C@H]3CC[C@]12C. The first kappa shape index (κ1) is 16.7. The Hall–Kier alpha value is -0.760. The van der Waals surface area contributed by atoms with Gasteiger partial charge in [-0.25, -0.2) is 0 Å². The van der Waals surface area contributed by atoms with Crippen LogP contribution < -0.4 is 0 Å². The van der Waals surface area contributed by atoms with Crippen molar-refractivity contribution in [3.05, 3.63) is 22.8 Å². The molecule has 6 atom stereocenters. The van der Waals surface area contributed by atoms with Gasteiger partial charge in [0.2, 0.25) is 0 Å². The first-order chi connectivity index (χ1) is 11.4. The molecule has 0 N–H and O–H groups in total. The lowest BCUT2D eigenvalue weighted by molar-refractivity contribution is -0.152. The van der Waals surface area contributed by atoms with Gasteiger partial charge in [0.25, 0.3) is 0 Å². The lowest BCUT2D eigenvalue weighted by Gasteiger charge is -2.56. The summed E-state index contributed by atoms with van der Waals surface area (Å²) in [6, 6.07) is 0. The van der Waals surface area contributed by atoms with Crippen LogP contribution in [-0.2, 0) is 9.53 Å². The maximum Gasteiger partial charge on any atom is 0.309 e. The molecule has 0 amide bonds. The van der Waals surface area contributed by atoms with E-state index in [1.165, 1.54) is 31.3 Å². The number of esters is 1. The zero-order valence-electron chi connectivity index (χ0n) is 15.1. The summed E-state index contributed by atoms with van der Waals surface area (Å²) in [7, 11) is 1.54. The van der Waals surface area contributed by atoms with Gasteiger partial charge in [0.05, 0.1) is 13.0 Å². The van der Waals surface area contributed by atoms with Gasteiger partial charge in [-0.15, -0.1) is 0 Å². The molecule has 4 rings (SSSR count). The fourth-order valence-electron chi connectivity index (χ4n) is 6.82. The maximum atomic E-state index is 12.3. The summed E-state index contributed by atoms with van der Waals surface area (Å²) in [5, 5.41) is 1.02. The minimum Gasteiger partial charge on any atom is -0.469 e. The van der Waals surface area contributed by atoms with Gasteiger partial charge >= 0.3 is 5.97 Å². The molecular weight excluding hydrogens is 320 g/mol. The third kappa shape index (κ3) is 2.18. The van der Waals surface area contributed by atoms with Crippen LogP contribution in [-0.4, -0.2) is 13.1 Å². The van der Waals surface area contributed by atoms with E-state index in [4.69, 9.17) is 16.3 Å². The Morgan fingerprint density at radius 2 is 2.00 bits per heavy atom. The largest absolute Gasteiger partial charge is 0.469 e. The highest BCUT2D eigenvalue weighted by Gasteiger charge is 2.59. The van der Waals surface area contributed by atoms with Crippen LogP contribution in [0.1, 0.15) is 58.8 Å². The topological polar surface area (TPSA) is 26.3 Å². The summed E-state index contributed by atoms with van der Waals surface area (Å²) in [6.45, 7) is 4.83. The second kappa shape index (κ2) is 5.62. The van der Waals surface area contributed by atoms with E-state index in [0.29, 0.717) is 5.92 Å². The van der Waals surface area contributed by atoms with Gasteiger partial charge in [-0.3, -0.25) is 4.79 Å². The summed E-state index contributed by atoms with van der Waals surface area (Å²) in [4.78, 5) is 12.3.